The van der Waals surface area contributed by atoms with Crippen molar-refractivity contribution in [3.63, 3.8) is 0 Å². The predicted molar refractivity (Wildman–Crippen MR) is 72.3 cm³/mol. The second-order valence-corrected chi connectivity index (χ2v) is 4.52. The van der Waals surface area contributed by atoms with E-state index in [9.17, 15) is 9.90 Å². The van der Waals surface area contributed by atoms with Crippen LogP contribution in [-0.2, 0) is 0 Å². The van der Waals surface area contributed by atoms with Crippen molar-refractivity contribution >= 4 is 6.03 Å². The van der Waals surface area contributed by atoms with Gasteiger partial charge in [-0.2, -0.15) is 4.98 Å². The van der Waals surface area contributed by atoms with Gasteiger partial charge >= 0.3 is 6.03 Å². The lowest BCUT2D eigenvalue weighted by Crippen LogP contribution is -2.40. The Hall–Kier alpha value is -2.35. The Bertz CT molecular complexity index is 566. The molecule has 114 valence electrons. The van der Waals surface area contributed by atoms with Crippen LogP contribution in [0.4, 0.5) is 4.79 Å². The van der Waals surface area contributed by atoms with E-state index in [1.54, 1.807) is 19.1 Å². The average molecular weight is 294 g/mol. The molecular weight excluding hydrogens is 276 g/mol. The Kier molecular flexibility index (Phi) is 4.94. The van der Waals surface area contributed by atoms with Crippen LogP contribution in [0.1, 0.15) is 43.0 Å². The highest BCUT2D eigenvalue weighted by Crippen LogP contribution is 2.13. The molecular formula is C13H18N4O4. The lowest BCUT2D eigenvalue weighted by atomic mass is 10.2. The first-order valence-corrected chi connectivity index (χ1v) is 6.66. The number of carbonyl (C=O) groups excluding carboxylic acids is 1. The first kappa shape index (κ1) is 15.0. The number of urea groups is 1. The Labute approximate surface area is 121 Å². The number of furan rings is 1. The summed E-state index contributed by atoms with van der Waals surface area (Å²) in [6, 6.07) is 2.55. The summed E-state index contributed by atoms with van der Waals surface area (Å²) in [7, 11) is 0. The van der Waals surface area contributed by atoms with Gasteiger partial charge < -0.3 is 24.7 Å². The maximum Gasteiger partial charge on any atom is 0.315 e. The first-order valence-electron chi connectivity index (χ1n) is 6.66. The van der Waals surface area contributed by atoms with Crippen molar-refractivity contribution in [1.82, 2.24) is 20.8 Å². The van der Waals surface area contributed by atoms with Crippen LogP contribution >= 0.6 is 0 Å². The van der Waals surface area contributed by atoms with E-state index < -0.39 is 12.1 Å². The summed E-state index contributed by atoms with van der Waals surface area (Å²) in [6.07, 6.45) is 1.19. The van der Waals surface area contributed by atoms with Crippen LogP contribution in [0.25, 0.3) is 0 Å². The standard InChI is InChI=1S/C13H18N4O4/c1-3-9(12-15-8(2)21-17-12)16-13(19)14-7-10(18)11-5-4-6-20-11/h4-6,9-10,18H,3,7H2,1-2H3,(H2,14,16,19). The minimum absolute atomic E-state index is 0.0427. The molecule has 0 fully saturated rings. The van der Waals surface area contributed by atoms with E-state index in [4.69, 9.17) is 8.94 Å². The number of carbonyl (C=O) groups is 1. The van der Waals surface area contributed by atoms with E-state index in [1.165, 1.54) is 6.26 Å². The van der Waals surface area contributed by atoms with Gasteiger partial charge in [-0.3, -0.25) is 0 Å². The molecule has 2 rings (SSSR count). The van der Waals surface area contributed by atoms with E-state index in [-0.39, 0.29) is 12.6 Å². The van der Waals surface area contributed by atoms with Crippen molar-refractivity contribution in [2.45, 2.75) is 32.4 Å². The van der Waals surface area contributed by atoms with Gasteiger partial charge in [0.2, 0.25) is 5.89 Å². The third kappa shape index (κ3) is 4.06. The molecule has 8 heteroatoms. The lowest BCUT2D eigenvalue weighted by Gasteiger charge is -2.15. The molecule has 2 amide bonds. The summed E-state index contributed by atoms with van der Waals surface area (Å²) < 4.78 is 9.94. The fourth-order valence-electron chi connectivity index (χ4n) is 1.79. The third-order valence-electron chi connectivity index (χ3n) is 2.90. The second-order valence-electron chi connectivity index (χ2n) is 4.52. The molecule has 0 radical (unpaired) electrons. The van der Waals surface area contributed by atoms with E-state index >= 15 is 0 Å². The lowest BCUT2D eigenvalue weighted by molar-refractivity contribution is 0.147. The largest absolute Gasteiger partial charge is 0.467 e. The molecule has 0 bridgehead atoms. The fraction of sp³-hybridized carbons (Fsp3) is 0.462. The van der Waals surface area contributed by atoms with Crippen LogP contribution in [0.2, 0.25) is 0 Å². The molecule has 0 saturated carbocycles. The van der Waals surface area contributed by atoms with Gasteiger partial charge in [0, 0.05) is 6.92 Å². The number of rotatable bonds is 6. The maximum atomic E-state index is 11.8. The zero-order valence-electron chi connectivity index (χ0n) is 11.9. The van der Waals surface area contributed by atoms with Crippen LogP contribution in [0.15, 0.2) is 27.3 Å². The number of nitrogens with one attached hydrogen (secondary N) is 2. The van der Waals surface area contributed by atoms with Gasteiger partial charge in [-0.05, 0) is 18.6 Å². The monoisotopic (exact) mass is 294 g/mol. The Balaban J connectivity index is 1.83. The first-order chi connectivity index (χ1) is 10.1. The third-order valence-corrected chi connectivity index (χ3v) is 2.90. The van der Waals surface area contributed by atoms with E-state index in [0.29, 0.717) is 23.9 Å². The minimum Gasteiger partial charge on any atom is -0.467 e. The number of aliphatic hydroxyl groups is 1. The zero-order chi connectivity index (χ0) is 15.2. The summed E-state index contributed by atoms with van der Waals surface area (Å²) in [4.78, 5) is 15.9. The minimum atomic E-state index is -0.891. The van der Waals surface area contributed by atoms with Gasteiger partial charge in [-0.15, -0.1) is 0 Å². The van der Waals surface area contributed by atoms with Gasteiger partial charge in [0.1, 0.15) is 11.9 Å². The Morgan fingerprint density at radius 3 is 2.90 bits per heavy atom. The summed E-state index contributed by atoms with van der Waals surface area (Å²) in [5, 5.41) is 18.9. The van der Waals surface area contributed by atoms with Crippen LogP contribution < -0.4 is 10.6 Å². The van der Waals surface area contributed by atoms with Crippen molar-refractivity contribution in [2.75, 3.05) is 6.54 Å². The van der Waals surface area contributed by atoms with E-state index in [1.807, 2.05) is 6.92 Å². The molecule has 0 aliphatic carbocycles. The van der Waals surface area contributed by atoms with Crippen molar-refractivity contribution in [3.8, 4) is 0 Å². The molecule has 0 aliphatic rings. The molecule has 2 aromatic heterocycles. The summed E-state index contributed by atoms with van der Waals surface area (Å²) in [5.41, 5.74) is 0. The molecule has 0 aliphatic heterocycles. The SMILES string of the molecule is CCC(NC(=O)NCC(O)c1ccco1)c1noc(C)n1. The van der Waals surface area contributed by atoms with E-state index in [2.05, 4.69) is 20.8 Å². The highest BCUT2D eigenvalue weighted by molar-refractivity contribution is 5.74. The Morgan fingerprint density at radius 1 is 1.52 bits per heavy atom. The highest BCUT2D eigenvalue weighted by atomic mass is 16.5. The number of aliphatic hydroxyl groups excluding tert-OH is 1. The van der Waals surface area contributed by atoms with E-state index in [0.717, 1.165) is 0 Å². The van der Waals surface area contributed by atoms with Crippen molar-refractivity contribution in [1.29, 1.82) is 0 Å². The van der Waals surface area contributed by atoms with Gasteiger partial charge in [0.15, 0.2) is 5.82 Å². The summed E-state index contributed by atoms with van der Waals surface area (Å²) in [5.74, 6) is 1.27. The van der Waals surface area contributed by atoms with Crippen molar-refractivity contribution < 1.29 is 18.8 Å². The molecule has 2 heterocycles. The smallest absolute Gasteiger partial charge is 0.315 e. The predicted octanol–water partition coefficient (Wildman–Crippen LogP) is 1.45. The number of aromatic nitrogens is 2. The summed E-state index contributed by atoms with van der Waals surface area (Å²) in [6.45, 7) is 3.62. The fourth-order valence-corrected chi connectivity index (χ4v) is 1.79. The molecule has 21 heavy (non-hydrogen) atoms. The number of nitrogens with zero attached hydrogens (tertiary/aromatic N) is 2. The average Bonchev–Trinajstić information content (AvgIpc) is 3.13. The van der Waals surface area contributed by atoms with Gasteiger partial charge in [0.05, 0.1) is 18.8 Å². The van der Waals surface area contributed by atoms with Crippen LogP contribution in [0.5, 0.6) is 0 Å². The normalized spacial score (nSPS) is 13.7. The molecule has 2 atom stereocenters. The molecule has 0 saturated heterocycles. The molecule has 2 aromatic rings. The summed E-state index contributed by atoms with van der Waals surface area (Å²) >= 11 is 0. The number of hydrogen-bond donors (Lipinski definition) is 3. The number of amides is 2. The molecule has 8 nitrogen and oxygen atoms in total. The molecule has 0 spiro atoms. The maximum absolute atomic E-state index is 11.8. The van der Waals surface area contributed by atoms with Gasteiger partial charge in [-0.1, -0.05) is 12.1 Å². The molecule has 0 aromatic carbocycles. The molecule has 2 unspecified atom stereocenters. The topological polar surface area (TPSA) is 113 Å². The van der Waals surface area contributed by atoms with Crippen LogP contribution in [-0.4, -0.2) is 27.8 Å². The second kappa shape index (κ2) is 6.89. The quantitative estimate of drug-likeness (QED) is 0.743. The number of hydrogen-bond acceptors (Lipinski definition) is 6. The molecule has 3 N–H and O–H groups in total. The van der Waals surface area contributed by atoms with Crippen molar-refractivity contribution in [2.24, 2.45) is 0 Å². The van der Waals surface area contributed by atoms with Gasteiger partial charge in [-0.25, -0.2) is 4.79 Å². The van der Waals surface area contributed by atoms with Crippen molar-refractivity contribution in [3.05, 3.63) is 35.9 Å². The highest BCUT2D eigenvalue weighted by Gasteiger charge is 2.19. The Morgan fingerprint density at radius 2 is 2.33 bits per heavy atom. The van der Waals surface area contributed by atoms with Crippen LogP contribution in [0.3, 0.4) is 0 Å². The van der Waals surface area contributed by atoms with Gasteiger partial charge in [0.25, 0.3) is 0 Å². The zero-order valence-corrected chi connectivity index (χ0v) is 11.9. The number of aryl methyl sites for hydroxylation is 1. The van der Waals surface area contributed by atoms with Crippen LogP contribution in [0, 0.1) is 6.92 Å².